The number of aliphatic hydroxyl groups is 1. The van der Waals surface area contributed by atoms with Crippen LogP contribution in [0.25, 0.3) is 0 Å². The summed E-state index contributed by atoms with van der Waals surface area (Å²) in [5.74, 6) is 0. The van der Waals surface area contributed by atoms with Gasteiger partial charge in [0.05, 0.1) is 7.11 Å². The first-order chi connectivity index (χ1) is 7.70. The molecule has 0 radical (unpaired) electrons. The van der Waals surface area contributed by atoms with Gasteiger partial charge in [-0.3, -0.25) is 5.32 Å². The van der Waals surface area contributed by atoms with E-state index in [1.807, 2.05) is 0 Å². The standard InChI is InChI=1S/C8H9F3N2O3S/c1-4-3-17-5(12-4)7(15,8(9,10)11)13-6(14)16-2/h3,15H,1-2H3,(H,13,14)/t7-/m0/s1. The van der Waals surface area contributed by atoms with Crippen LogP contribution < -0.4 is 5.32 Å². The van der Waals surface area contributed by atoms with Crippen molar-refractivity contribution < 1.29 is 27.8 Å². The number of amides is 1. The molecule has 0 aromatic carbocycles. The Kier molecular flexibility index (Phi) is 3.62. The number of nitrogens with one attached hydrogen (secondary N) is 1. The van der Waals surface area contributed by atoms with Gasteiger partial charge in [0.1, 0.15) is 0 Å². The maximum absolute atomic E-state index is 12.7. The van der Waals surface area contributed by atoms with Gasteiger partial charge < -0.3 is 9.84 Å². The van der Waals surface area contributed by atoms with Crippen LogP contribution in [0.2, 0.25) is 0 Å². The summed E-state index contributed by atoms with van der Waals surface area (Å²) in [5, 5.41) is 11.5. The summed E-state index contributed by atoms with van der Waals surface area (Å²) in [4.78, 5) is 14.4. The van der Waals surface area contributed by atoms with E-state index >= 15 is 0 Å². The number of carbonyl (C=O) groups excluding carboxylic acids is 1. The van der Waals surface area contributed by atoms with Gasteiger partial charge in [-0.05, 0) is 6.92 Å². The molecule has 0 aliphatic heterocycles. The lowest BCUT2D eigenvalue weighted by Crippen LogP contribution is -2.56. The lowest BCUT2D eigenvalue weighted by atomic mass is 10.2. The molecular weight excluding hydrogens is 261 g/mol. The molecule has 0 aliphatic carbocycles. The number of hydrogen-bond donors (Lipinski definition) is 2. The number of halogens is 3. The van der Waals surface area contributed by atoms with Gasteiger partial charge in [-0.15, -0.1) is 11.3 Å². The van der Waals surface area contributed by atoms with E-state index in [0.717, 1.165) is 7.11 Å². The first-order valence-corrected chi connectivity index (χ1v) is 5.16. The smallest absolute Gasteiger partial charge is 0.443 e. The molecule has 1 heterocycles. The summed E-state index contributed by atoms with van der Waals surface area (Å²) in [6, 6.07) is 0. The summed E-state index contributed by atoms with van der Waals surface area (Å²) in [7, 11) is 0.888. The molecule has 1 amide bonds. The molecule has 0 bridgehead atoms. The van der Waals surface area contributed by atoms with Crippen LogP contribution in [-0.2, 0) is 10.5 Å². The molecule has 0 saturated carbocycles. The van der Waals surface area contributed by atoms with Crippen molar-refractivity contribution in [1.82, 2.24) is 10.3 Å². The summed E-state index contributed by atoms with van der Waals surface area (Å²) in [6.45, 7) is 1.47. The number of nitrogens with zero attached hydrogens (tertiary/aromatic N) is 1. The second kappa shape index (κ2) is 4.49. The Morgan fingerprint density at radius 1 is 1.59 bits per heavy atom. The second-order valence-corrected chi connectivity index (χ2v) is 3.98. The van der Waals surface area contributed by atoms with Crippen LogP contribution >= 0.6 is 11.3 Å². The van der Waals surface area contributed by atoms with E-state index in [1.54, 1.807) is 0 Å². The van der Waals surface area contributed by atoms with Crippen LogP contribution in [0.15, 0.2) is 5.38 Å². The van der Waals surface area contributed by atoms with E-state index < -0.39 is 23.0 Å². The fraction of sp³-hybridized carbons (Fsp3) is 0.500. The van der Waals surface area contributed by atoms with Crippen LogP contribution in [0.3, 0.4) is 0 Å². The minimum absolute atomic E-state index is 0.305. The van der Waals surface area contributed by atoms with Crippen molar-refractivity contribution in [3.05, 3.63) is 16.1 Å². The zero-order valence-electron chi connectivity index (χ0n) is 8.83. The number of ether oxygens (including phenoxy) is 1. The van der Waals surface area contributed by atoms with Crippen molar-refractivity contribution in [2.24, 2.45) is 0 Å². The average Bonchev–Trinajstić information content (AvgIpc) is 2.63. The molecule has 1 rings (SSSR count). The van der Waals surface area contributed by atoms with Gasteiger partial charge in [0.2, 0.25) is 0 Å². The summed E-state index contributed by atoms with van der Waals surface area (Å²) in [5.41, 5.74) is -3.24. The first kappa shape index (κ1) is 13.7. The highest BCUT2D eigenvalue weighted by Crippen LogP contribution is 2.38. The minimum Gasteiger partial charge on any atom is -0.453 e. The van der Waals surface area contributed by atoms with Gasteiger partial charge in [-0.25, -0.2) is 9.78 Å². The molecule has 17 heavy (non-hydrogen) atoms. The number of rotatable bonds is 2. The van der Waals surface area contributed by atoms with Crippen molar-refractivity contribution in [2.45, 2.75) is 18.8 Å². The SMILES string of the molecule is COC(=O)N[C@](O)(c1nc(C)cs1)C(F)(F)F. The molecule has 96 valence electrons. The molecule has 0 spiro atoms. The first-order valence-electron chi connectivity index (χ1n) is 4.28. The van der Waals surface area contributed by atoms with E-state index in [4.69, 9.17) is 0 Å². The van der Waals surface area contributed by atoms with Crippen LogP contribution in [0, 0.1) is 6.92 Å². The van der Waals surface area contributed by atoms with E-state index in [-0.39, 0.29) is 0 Å². The highest BCUT2D eigenvalue weighted by atomic mass is 32.1. The number of aryl methyl sites for hydroxylation is 1. The predicted molar refractivity (Wildman–Crippen MR) is 52.3 cm³/mol. The lowest BCUT2D eigenvalue weighted by Gasteiger charge is -2.28. The Morgan fingerprint density at radius 3 is 2.53 bits per heavy atom. The third-order valence-corrected chi connectivity index (χ3v) is 2.88. The Bertz CT molecular complexity index is 420. The monoisotopic (exact) mass is 270 g/mol. The molecule has 2 N–H and O–H groups in total. The number of hydrogen-bond acceptors (Lipinski definition) is 5. The Labute approximate surface area is 98.2 Å². The van der Waals surface area contributed by atoms with Crippen LogP contribution in [0.4, 0.5) is 18.0 Å². The zero-order valence-corrected chi connectivity index (χ0v) is 9.65. The molecular formula is C8H9F3N2O3S. The van der Waals surface area contributed by atoms with Crippen molar-refractivity contribution in [2.75, 3.05) is 7.11 Å². The highest BCUT2D eigenvalue weighted by molar-refractivity contribution is 7.09. The second-order valence-electron chi connectivity index (χ2n) is 3.12. The normalized spacial score (nSPS) is 15.2. The fourth-order valence-corrected chi connectivity index (χ4v) is 1.83. The molecule has 0 unspecified atom stereocenters. The molecule has 0 aliphatic rings. The quantitative estimate of drug-likeness (QED) is 0.799. The van der Waals surface area contributed by atoms with Gasteiger partial charge in [0.25, 0.3) is 5.72 Å². The number of thiazole rings is 1. The maximum Gasteiger partial charge on any atom is 0.443 e. The summed E-state index contributed by atoms with van der Waals surface area (Å²) in [6.07, 6.45) is -6.51. The lowest BCUT2D eigenvalue weighted by molar-refractivity contribution is -0.276. The fourth-order valence-electron chi connectivity index (χ4n) is 0.964. The Hall–Kier alpha value is -1.35. The number of aromatic nitrogens is 1. The van der Waals surface area contributed by atoms with Crippen LogP contribution in [0.1, 0.15) is 10.7 Å². The van der Waals surface area contributed by atoms with Gasteiger partial charge in [0, 0.05) is 11.1 Å². The van der Waals surface area contributed by atoms with Crippen molar-refractivity contribution in [3.8, 4) is 0 Å². The van der Waals surface area contributed by atoms with Crippen LogP contribution in [-0.4, -0.2) is 29.5 Å². The molecule has 9 heteroatoms. The van der Waals surface area contributed by atoms with Gasteiger partial charge in [0.15, 0.2) is 5.01 Å². The molecule has 5 nitrogen and oxygen atoms in total. The van der Waals surface area contributed by atoms with Gasteiger partial charge in [-0.1, -0.05) is 0 Å². The summed E-state index contributed by atoms with van der Waals surface area (Å²) < 4.78 is 42.3. The predicted octanol–water partition coefficient (Wildman–Crippen LogP) is 1.51. The van der Waals surface area contributed by atoms with Crippen molar-refractivity contribution in [1.29, 1.82) is 0 Å². The number of carbonyl (C=O) groups is 1. The third kappa shape index (κ3) is 2.67. The molecule has 1 atom stereocenters. The third-order valence-electron chi connectivity index (χ3n) is 1.81. The maximum atomic E-state index is 12.7. The topological polar surface area (TPSA) is 71.5 Å². The van der Waals surface area contributed by atoms with Crippen LogP contribution in [0.5, 0.6) is 0 Å². The molecule has 0 saturated heterocycles. The molecule has 1 aromatic rings. The van der Waals surface area contributed by atoms with Crippen molar-refractivity contribution in [3.63, 3.8) is 0 Å². The van der Waals surface area contributed by atoms with Crippen molar-refractivity contribution >= 4 is 17.4 Å². The van der Waals surface area contributed by atoms with E-state index in [9.17, 15) is 23.1 Å². The van der Waals surface area contributed by atoms with Gasteiger partial charge >= 0.3 is 12.3 Å². The molecule has 0 fully saturated rings. The summed E-state index contributed by atoms with van der Waals surface area (Å²) >= 11 is 0.584. The molecule has 1 aromatic heterocycles. The number of alkyl halides is 3. The van der Waals surface area contributed by atoms with E-state index in [1.165, 1.54) is 17.6 Å². The van der Waals surface area contributed by atoms with E-state index in [0.29, 0.717) is 17.0 Å². The minimum atomic E-state index is -5.11. The van der Waals surface area contributed by atoms with Gasteiger partial charge in [-0.2, -0.15) is 13.2 Å². The average molecular weight is 270 g/mol. The highest BCUT2D eigenvalue weighted by Gasteiger charge is 2.59. The Balaban J connectivity index is 3.15. The number of alkyl carbamates (subject to hydrolysis) is 1. The van der Waals surface area contributed by atoms with E-state index in [2.05, 4.69) is 9.72 Å². The Morgan fingerprint density at radius 2 is 2.18 bits per heavy atom. The number of methoxy groups -OCH3 is 1. The largest absolute Gasteiger partial charge is 0.453 e. The zero-order chi connectivity index (χ0) is 13.3.